The van der Waals surface area contributed by atoms with E-state index in [2.05, 4.69) is 39.4 Å². The van der Waals surface area contributed by atoms with Crippen LogP contribution in [0, 0.1) is 5.92 Å². The van der Waals surface area contributed by atoms with Gasteiger partial charge in [-0.2, -0.15) is 0 Å². The highest BCUT2D eigenvalue weighted by atomic mass is 32.1. The van der Waals surface area contributed by atoms with E-state index in [4.69, 9.17) is 9.97 Å². The van der Waals surface area contributed by atoms with E-state index in [9.17, 15) is 5.11 Å². The average Bonchev–Trinajstić information content (AvgIpc) is 3.11. The Morgan fingerprint density at radius 1 is 1.22 bits per heavy atom. The minimum Gasteiger partial charge on any atom is -0.396 e. The molecule has 1 unspecified atom stereocenters. The molecule has 0 saturated carbocycles. The zero-order valence-electron chi connectivity index (χ0n) is 15.9. The van der Waals surface area contributed by atoms with Crippen molar-refractivity contribution in [3.05, 3.63) is 41.5 Å². The van der Waals surface area contributed by atoms with Crippen molar-refractivity contribution in [3.8, 4) is 11.1 Å². The second-order valence-electron chi connectivity index (χ2n) is 7.53. The predicted octanol–water partition coefficient (Wildman–Crippen LogP) is 3.63. The van der Waals surface area contributed by atoms with Gasteiger partial charge in [-0.05, 0) is 38.4 Å². The van der Waals surface area contributed by atoms with Gasteiger partial charge in [0.15, 0.2) is 0 Å². The maximum Gasteiger partial charge on any atom is 0.146 e. The Kier molecular flexibility index (Phi) is 5.38. The summed E-state index contributed by atoms with van der Waals surface area (Å²) < 4.78 is 0. The fraction of sp³-hybridized carbons (Fsp3) is 0.429. The summed E-state index contributed by atoms with van der Waals surface area (Å²) in [5.74, 6) is 2.20. The number of anilines is 1. The van der Waals surface area contributed by atoms with Crippen molar-refractivity contribution in [1.82, 2.24) is 14.9 Å². The van der Waals surface area contributed by atoms with Crippen LogP contribution >= 0.6 is 11.3 Å². The van der Waals surface area contributed by atoms with Crippen molar-refractivity contribution >= 4 is 27.4 Å². The number of aromatic nitrogens is 2. The molecule has 1 N–H and O–H groups in total. The fourth-order valence-corrected chi connectivity index (χ4v) is 4.75. The summed E-state index contributed by atoms with van der Waals surface area (Å²) in [7, 11) is 4.08. The van der Waals surface area contributed by atoms with Crippen molar-refractivity contribution in [1.29, 1.82) is 0 Å². The summed E-state index contributed by atoms with van der Waals surface area (Å²) in [5.41, 5.74) is 2.40. The minimum absolute atomic E-state index is 0.241. The van der Waals surface area contributed by atoms with E-state index in [1.54, 1.807) is 11.3 Å². The van der Waals surface area contributed by atoms with Crippen LogP contribution in [0.1, 0.15) is 18.7 Å². The van der Waals surface area contributed by atoms with Crippen LogP contribution in [0.25, 0.3) is 21.3 Å². The van der Waals surface area contributed by atoms with Gasteiger partial charge < -0.3 is 14.9 Å². The number of hydrogen-bond acceptors (Lipinski definition) is 6. The topological polar surface area (TPSA) is 52.5 Å². The van der Waals surface area contributed by atoms with Gasteiger partial charge in [0.25, 0.3) is 0 Å². The molecule has 1 saturated heterocycles. The SMILES string of the molecule is CN(C)Cc1nc(N2CCCC(CO)C2)c2c(-c3ccccc3)csc2n1. The normalized spacial score (nSPS) is 17.8. The Balaban J connectivity index is 1.85. The summed E-state index contributed by atoms with van der Waals surface area (Å²) in [5, 5.41) is 13.0. The standard InChI is InChI=1S/C21H26N4OS/c1-24(2)12-18-22-20(25-10-6-7-15(11-25)13-26)19-17(14-27-21(19)23-18)16-8-4-3-5-9-16/h3-5,8-9,14-15,26H,6-7,10-13H2,1-2H3. The molecule has 1 aliphatic heterocycles. The minimum atomic E-state index is 0.241. The second kappa shape index (κ2) is 7.92. The van der Waals surface area contributed by atoms with Gasteiger partial charge in [-0.3, -0.25) is 0 Å². The molecule has 5 nitrogen and oxygen atoms in total. The Bertz CT molecular complexity index is 909. The van der Waals surface area contributed by atoms with Crippen molar-refractivity contribution in [3.63, 3.8) is 0 Å². The molecule has 142 valence electrons. The van der Waals surface area contributed by atoms with Crippen molar-refractivity contribution in [2.45, 2.75) is 19.4 Å². The van der Waals surface area contributed by atoms with Crippen molar-refractivity contribution < 1.29 is 5.11 Å². The zero-order valence-corrected chi connectivity index (χ0v) is 16.7. The highest BCUT2D eigenvalue weighted by Crippen LogP contribution is 2.39. The molecular weight excluding hydrogens is 356 g/mol. The quantitative estimate of drug-likeness (QED) is 0.730. The van der Waals surface area contributed by atoms with Crippen LogP contribution in [-0.4, -0.2) is 53.8 Å². The molecule has 0 radical (unpaired) electrons. The number of fused-ring (bicyclic) bond motifs is 1. The zero-order chi connectivity index (χ0) is 18.8. The van der Waals surface area contributed by atoms with Crippen LogP contribution in [0.4, 0.5) is 5.82 Å². The van der Waals surface area contributed by atoms with E-state index in [1.807, 2.05) is 20.2 Å². The monoisotopic (exact) mass is 382 g/mol. The molecule has 1 aromatic carbocycles. The van der Waals surface area contributed by atoms with Gasteiger partial charge in [0, 0.05) is 30.6 Å². The molecule has 0 bridgehead atoms. The van der Waals surface area contributed by atoms with E-state index in [0.717, 1.165) is 54.3 Å². The van der Waals surface area contributed by atoms with Gasteiger partial charge in [0.05, 0.1) is 11.9 Å². The highest BCUT2D eigenvalue weighted by Gasteiger charge is 2.25. The maximum absolute atomic E-state index is 9.67. The average molecular weight is 383 g/mol. The number of nitrogens with zero attached hydrogens (tertiary/aromatic N) is 4. The van der Waals surface area contributed by atoms with Gasteiger partial charge in [0.1, 0.15) is 16.5 Å². The van der Waals surface area contributed by atoms with Gasteiger partial charge in [-0.1, -0.05) is 30.3 Å². The molecule has 0 spiro atoms. The van der Waals surface area contributed by atoms with E-state index < -0.39 is 0 Å². The fourth-order valence-electron chi connectivity index (χ4n) is 3.79. The Labute approximate surface area is 164 Å². The smallest absolute Gasteiger partial charge is 0.146 e. The Morgan fingerprint density at radius 2 is 2.04 bits per heavy atom. The van der Waals surface area contributed by atoms with Crippen molar-refractivity contribution in [2.75, 3.05) is 38.7 Å². The summed E-state index contributed by atoms with van der Waals surface area (Å²) >= 11 is 1.69. The van der Waals surface area contributed by atoms with E-state index in [-0.39, 0.29) is 6.61 Å². The lowest BCUT2D eigenvalue weighted by Gasteiger charge is -2.33. The van der Waals surface area contributed by atoms with E-state index in [0.29, 0.717) is 5.92 Å². The summed E-state index contributed by atoms with van der Waals surface area (Å²) in [6, 6.07) is 10.5. The van der Waals surface area contributed by atoms with Crippen LogP contribution in [0.15, 0.2) is 35.7 Å². The second-order valence-corrected chi connectivity index (χ2v) is 8.39. The number of aliphatic hydroxyl groups is 1. The number of aliphatic hydroxyl groups excluding tert-OH is 1. The van der Waals surface area contributed by atoms with Gasteiger partial charge >= 0.3 is 0 Å². The van der Waals surface area contributed by atoms with Gasteiger partial charge in [-0.15, -0.1) is 11.3 Å². The molecule has 3 heterocycles. The molecule has 1 fully saturated rings. The Hall–Kier alpha value is -2.02. The maximum atomic E-state index is 9.67. The highest BCUT2D eigenvalue weighted by molar-refractivity contribution is 7.17. The van der Waals surface area contributed by atoms with Crippen molar-refractivity contribution in [2.24, 2.45) is 5.92 Å². The lowest BCUT2D eigenvalue weighted by Crippen LogP contribution is -2.37. The number of piperidine rings is 1. The summed E-state index contributed by atoms with van der Waals surface area (Å²) in [4.78, 5) is 15.3. The van der Waals surface area contributed by atoms with Crippen LogP contribution in [-0.2, 0) is 6.54 Å². The molecule has 1 atom stereocenters. The number of hydrogen-bond donors (Lipinski definition) is 1. The molecule has 4 rings (SSSR count). The third-order valence-electron chi connectivity index (χ3n) is 5.08. The third-order valence-corrected chi connectivity index (χ3v) is 5.95. The third kappa shape index (κ3) is 3.83. The van der Waals surface area contributed by atoms with Gasteiger partial charge in [0.2, 0.25) is 0 Å². The first-order chi connectivity index (χ1) is 13.2. The van der Waals surface area contributed by atoms with E-state index >= 15 is 0 Å². The predicted molar refractivity (Wildman–Crippen MR) is 112 cm³/mol. The largest absolute Gasteiger partial charge is 0.396 e. The first-order valence-electron chi connectivity index (χ1n) is 9.49. The first kappa shape index (κ1) is 18.3. The summed E-state index contributed by atoms with van der Waals surface area (Å²) in [6.45, 7) is 2.80. The lowest BCUT2D eigenvalue weighted by atomic mass is 9.98. The molecule has 1 aliphatic rings. The molecule has 0 aliphatic carbocycles. The van der Waals surface area contributed by atoms with E-state index in [1.165, 1.54) is 11.1 Å². The Morgan fingerprint density at radius 3 is 2.78 bits per heavy atom. The number of thiophene rings is 1. The first-order valence-corrected chi connectivity index (χ1v) is 10.4. The van der Waals surface area contributed by atoms with Crippen LogP contribution < -0.4 is 4.90 Å². The number of rotatable bonds is 5. The molecule has 2 aromatic heterocycles. The molecule has 6 heteroatoms. The molecule has 0 amide bonds. The number of benzene rings is 1. The van der Waals surface area contributed by atoms with Crippen LogP contribution in [0.3, 0.4) is 0 Å². The van der Waals surface area contributed by atoms with Crippen LogP contribution in [0.5, 0.6) is 0 Å². The molecule has 27 heavy (non-hydrogen) atoms. The summed E-state index contributed by atoms with van der Waals surface area (Å²) in [6.07, 6.45) is 2.17. The lowest BCUT2D eigenvalue weighted by molar-refractivity contribution is 0.208. The molecule has 3 aromatic rings. The van der Waals surface area contributed by atoms with Gasteiger partial charge in [-0.25, -0.2) is 9.97 Å². The molecular formula is C21H26N4OS. The van der Waals surface area contributed by atoms with Crippen LogP contribution in [0.2, 0.25) is 0 Å².